The number of fused-ring (bicyclic) bond motifs is 3. The van der Waals surface area contributed by atoms with Crippen molar-refractivity contribution in [3.8, 4) is 0 Å². The molecule has 2 N–H and O–H groups in total. The van der Waals surface area contributed by atoms with Crippen LogP contribution in [0.25, 0.3) is 10.2 Å². The molecular weight excluding hydrogens is 438 g/mol. The number of aromatic amines is 1. The van der Waals surface area contributed by atoms with Crippen LogP contribution in [0.2, 0.25) is 0 Å². The lowest BCUT2D eigenvalue weighted by Gasteiger charge is -2.37. The Morgan fingerprint density at radius 3 is 2.58 bits per heavy atom. The third kappa shape index (κ3) is 4.71. The maximum absolute atomic E-state index is 13.2. The topological polar surface area (TPSA) is 98.4 Å². The van der Waals surface area contributed by atoms with E-state index in [4.69, 9.17) is 4.98 Å². The normalized spacial score (nSPS) is 20.7. The Morgan fingerprint density at radius 2 is 1.85 bits per heavy atom. The Balaban J connectivity index is 1.23. The fraction of sp³-hybridized carbons (Fsp3) is 0.667. The minimum Gasteiger partial charge on any atom is -0.344 e. The number of hydrogen-bond donors (Lipinski definition) is 2. The van der Waals surface area contributed by atoms with Gasteiger partial charge in [0.1, 0.15) is 16.7 Å². The number of thiophene rings is 1. The van der Waals surface area contributed by atoms with Gasteiger partial charge in [0.25, 0.3) is 5.56 Å². The number of carbonyl (C=O) groups excluding carboxylic acids is 2. The molecule has 2 aliphatic carbocycles. The van der Waals surface area contributed by atoms with Crippen molar-refractivity contribution in [2.75, 3.05) is 26.2 Å². The molecule has 2 aromatic rings. The maximum atomic E-state index is 13.2. The maximum Gasteiger partial charge on any atom is 0.259 e. The number of nitrogens with one attached hydrogen (secondary N) is 2. The standard InChI is InChI=1S/C24H33N5O3S/c1-15(30)25-21(16-6-2-3-7-16)24(32)29-12-10-28(11-13-29)14-19-26-22(31)20-17-8-4-5-9-18(17)33-23(20)27-19/h16,21H,2-14H2,1H3,(H,25,30)(H,26,27,31). The van der Waals surface area contributed by atoms with Crippen molar-refractivity contribution in [3.63, 3.8) is 0 Å². The van der Waals surface area contributed by atoms with Gasteiger partial charge in [-0.2, -0.15) is 0 Å². The minimum absolute atomic E-state index is 0.0158. The molecule has 8 nitrogen and oxygen atoms in total. The number of aryl methyl sites for hydroxylation is 2. The van der Waals surface area contributed by atoms with E-state index in [1.807, 2.05) is 4.90 Å². The highest BCUT2D eigenvalue weighted by atomic mass is 32.1. The smallest absolute Gasteiger partial charge is 0.259 e. The van der Waals surface area contributed by atoms with Crippen LogP contribution in [0.1, 0.15) is 61.7 Å². The highest BCUT2D eigenvalue weighted by Crippen LogP contribution is 2.33. The molecule has 0 bridgehead atoms. The van der Waals surface area contributed by atoms with Gasteiger partial charge in [-0.05, 0) is 50.0 Å². The SMILES string of the molecule is CC(=O)NC(C(=O)N1CCN(Cc2nc3sc4c(c3c(=O)[nH]2)CCCC4)CC1)C1CCCC1. The van der Waals surface area contributed by atoms with Crippen molar-refractivity contribution in [3.05, 3.63) is 26.6 Å². The van der Waals surface area contributed by atoms with E-state index in [0.717, 1.165) is 68.3 Å². The van der Waals surface area contributed by atoms with E-state index in [2.05, 4.69) is 15.2 Å². The molecule has 2 aromatic heterocycles. The van der Waals surface area contributed by atoms with Crippen molar-refractivity contribution in [1.82, 2.24) is 25.1 Å². The lowest BCUT2D eigenvalue weighted by Crippen LogP contribution is -2.56. The summed E-state index contributed by atoms with van der Waals surface area (Å²) >= 11 is 1.68. The van der Waals surface area contributed by atoms with Gasteiger partial charge in [-0.3, -0.25) is 19.3 Å². The largest absolute Gasteiger partial charge is 0.344 e. The molecule has 1 atom stereocenters. The van der Waals surface area contributed by atoms with Gasteiger partial charge < -0.3 is 15.2 Å². The lowest BCUT2D eigenvalue weighted by molar-refractivity contribution is -0.139. The molecule has 1 unspecified atom stereocenters. The second-order valence-electron chi connectivity index (χ2n) is 9.73. The monoisotopic (exact) mass is 471 g/mol. The number of amides is 2. The lowest BCUT2D eigenvalue weighted by atomic mass is 9.96. The Labute approximate surface area is 197 Å². The predicted octanol–water partition coefficient (Wildman–Crippen LogP) is 2.20. The van der Waals surface area contributed by atoms with Gasteiger partial charge >= 0.3 is 0 Å². The molecule has 3 aliphatic rings. The summed E-state index contributed by atoms with van der Waals surface area (Å²) in [5.74, 6) is 0.860. The zero-order valence-electron chi connectivity index (χ0n) is 19.3. The van der Waals surface area contributed by atoms with Gasteiger partial charge in [-0.25, -0.2) is 4.98 Å². The number of rotatable bonds is 5. The summed E-state index contributed by atoms with van der Waals surface area (Å²) in [5.41, 5.74) is 1.20. The van der Waals surface area contributed by atoms with E-state index in [1.54, 1.807) is 11.3 Å². The summed E-state index contributed by atoms with van der Waals surface area (Å²) in [6.45, 7) is 4.77. The number of carbonyl (C=O) groups is 2. The molecule has 2 fully saturated rings. The number of H-pyrrole nitrogens is 1. The molecule has 9 heteroatoms. The molecule has 1 saturated heterocycles. The quantitative estimate of drug-likeness (QED) is 0.697. The van der Waals surface area contributed by atoms with Crippen molar-refractivity contribution >= 4 is 33.4 Å². The number of piperazine rings is 1. The van der Waals surface area contributed by atoms with Gasteiger partial charge in [0.05, 0.1) is 11.9 Å². The Kier molecular flexibility index (Phi) is 6.51. The molecule has 0 radical (unpaired) electrons. The summed E-state index contributed by atoms with van der Waals surface area (Å²) < 4.78 is 0. The highest BCUT2D eigenvalue weighted by Gasteiger charge is 2.35. The summed E-state index contributed by atoms with van der Waals surface area (Å²) in [4.78, 5) is 51.9. The van der Waals surface area contributed by atoms with Crippen LogP contribution in [-0.2, 0) is 29.0 Å². The number of aromatic nitrogens is 2. The minimum atomic E-state index is -0.401. The molecule has 178 valence electrons. The van der Waals surface area contributed by atoms with Crippen molar-refractivity contribution < 1.29 is 9.59 Å². The summed E-state index contributed by atoms with van der Waals surface area (Å²) in [6, 6.07) is -0.401. The Morgan fingerprint density at radius 1 is 1.12 bits per heavy atom. The Hall–Kier alpha value is -2.26. The van der Waals surface area contributed by atoms with E-state index in [9.17, 15) is 14.4 Å². The van der Waals surface area contributed by atoms with Crippen LogP contribution in [0.15, 0.2) is 4.79 Å². The first-order chi connectivity index (χ1) is 16.0. The molecular formula is C24H33N5O3S. The first-order valence-corrected chi connectivity index (χ1v) is 13.1. The fourth-order valence-electron chi connectivity index (χ4n) is 5.71. The van der Waals surface area contributed by atoms with Crippen molar-refractivity contribution in [2.24, 2.45) is 5.92 Å². The van der Waals surface area contributed by atoms with E-state index in [1.165, 1.54) is 23.8 Å². The Bertz CT molecular complexity index is 1100. The average molecular weight is 472 g/mol. The van der Waals surface area contributed by atoms with E-state index in [0.29, 0.717) is 25.5 Å². The van der Waals surface area contributed by atoms with Crippen LogP contribution >= 0.6 is 11.3 Å². The van der Waals surface area contributed by atoms with E-state index in [-0.39, 0.29) is 23.3 Å². The molecule has 2 amide bonds. The van der Waals surface area contributed by atoms with Gasteiger partial charge in [-0.1, -0.05) is 12.8 Å². The number of hydrogen-bond acceptors (Lipinski definition) is 6. The predicted molar refractivity (Wildman–Crippen MR) is 128 cm³/mol. The molecule has 1 aliphatic heterocycles. The van der Waals surface area contributed by atoms with E-state index >= 15 is 0 Å². The third-order valence-corrected chi connectivity index (χ3v) is 8.61. The second-order valence-corrected chi connectivity index (χ2v) is 10.8. The van der Waals surface area contributed by atoms with Gasteiger partial charge in [-0.15, -0.1) is 11.3 Å². The molecule has 1 saturated carbocycles. The average Bonchev–Trinajstić information content (AvgIpc) is 3.45. The van der Waals surface area contributed by atoms with Crippen LogP contribution in [0.4, 0.5) is 0 Å². The molecule has 5 rings (SSSR count). The van der Waals surface area contributed by atoms with Crippen LogP contribution in [0.5, 0.6) is 0 Å². The fourth-order valence-corrected chi connectivity index (χ4v) is 6.99. The summed E-state index contributed by atoms with van der Waals surface area (Å²) in [6.07, 6.45) is 8.64. The van der Waals surface area contributed by atoms with Crippen LogP contribution < -0.4 is 10.9 Å². The van der Waals surface area contributed by atoms with Crippen LogP contribution in [0.3, 0.4) is 0 Å². The molecule has 3 heterocycles. The van der Waals surface area contributed by atoms with Gasteiger partial charge in [0.15, 0.2) is 0 Å². The first kappa shape index (κ1) is 22.5. The zero-order valence-corrected chi connectivity index (χ0v) is 20.1. The molecule has 0 spiro atoms. The summed E-state index contributed by atoms with van der Waals surface area (Å²) in [7, 11) is 0. The molecule has 0 aromatic carbocycles. The highest BCUT2D eigenvalue weighted by molar-refractivity contribution is 7.18. The first-order valence-electron chi connectivity index (χ1n) is 12.3. The van der Waals surface area contributed by atoms with Crippen molar-refractivity contribution in [2.45, 2.75) is 70.9 Å². The van der Waals surface area contributed by atoms with Crippen LogP contribution in [-0.4, -0.2) is 63.8 Å². The second kappa shape index (κ2) is 9.54. The number of nitrogens with zero attached hydrogens (tertiary/aromatic N) is 3. The van der Waals surface area contributed by atoms with Gasteiger partial charge in [0.2, 0.25) is 11.8 Å². The molecule has 33 heavy (non-hydrogen) atoms. The summed E-state index contributed by atoms with van der Waals surface area (Å²) in [5, 5.41) is 3.72. The third-order valence-electron chi connectivity index (χ3n) is 7.43. The van der Waals surface area contributed by atoms with Crippen molar-refractivity contribution in [1.29, 1.82) is 0 Å². The van der Waals surface area contributed by atoms with Crippen LogP contribution in [0, 0.1) is 5.92 Å². The van der Waals surface area contributed by atoms with Gasteiger partial charge in [0, 0.05) is 38.0 Å². The zero-order chi connectivity index (χ0) is 22.9. The van der Waals surface area contributed by atoms with E-state index < -0.39 is 6.04 Å².